The Morgan fingerprint density at radius 1 is 1.04 bits per heavy atom. The summed E-state index contributed by atoms with van der Waals surface area (Å²) in [5.41, 5.74) is 4.02. The minimum absolute atomic E-state index is 0.00384. The van der Waals surface area contributed by atoms with Crippen LogP contribution in [0.15, 0.2) is 59.0 Å². The lowest BCUT2D eigenvalue weighted by molar-refractivity contribution is 0.103. The topological polar surface area (TPSA) is 62.1 Å². The molecule has 1 aliphatic heterocycles. The van der Waals surface area contributed by atoms with Crippen molar-refractivity contribution in [3.63, 3.8) is 0 Å². The predicted molar refractivity (Wildman–Crippen MR) is 110 cm³/mol. The van der Waals surface area contributed by atoms with Gasteiger partial charge < -0.3 is 14.3 Å². The molecule has 5 heteroatoms. The van der Waals surface area contributed by atoms with Gasteiger partial charge in [0.05, 0.1) is 11.0 Å². The zero-order valence-electron chi connectivity index (χ0n) is 15.7. The Labute approximate surface area is 163 Å². The summed E-state index contributed by atoms with van der Waals surface area (Å²) < 4.78 is 6.13. The number of nitrogens with one attached hydrogen (secondary N) is 1. The lowest BCUT2D eigenvalue weighted by atomic mass is 10.0. The van der Waals surface area contributed by atoms with Gasteiger partial charge in [0.15, 0.2) is 23.3 Å². The molecule has 0 saturated carbocycles. The smallest absolute Gasteiger partial charge is 0.196 e. The van der Waals surface area contributed by atoms with Crippen molar-refractivity contribution >= 4 is 22.7 Å². The second-order valence-corrected chi connectivity index (χ2v) is 7.30. The predicted octanol–water partition coefficient (Wildman–Crippen LogP) is 4.96. The number of anilines is 1. The molecule has 1 aliphatic rings. The fourth-order valence-electron chi connectivity index (χ4n) is 3.81. The van der Waals surface area contributed by atoms with Gasteiger partial charge in [-0.05, 0) is 38.0 Å². The summed E-state index contributed by atoms with van der Waals surface area (Å²) in [6.07, 6.45) is 2.41. The van der Waals surface area contributed by atoms with Crippen molar-refractivity contribution in [2.45, 2.75) is 19.8 Å². The van der Waals surface area contributed by atoms with Gasteiger partial charge in [-0.15, -0.1) is 0 Å². The average molecular weight is 371 g/mol. The number of benzene rings is 2. The van der Waals surface area contributed by atoms with E-state index in [0.717, 1.165) is 41.3 Å². The van der Waals surface area contributed by atoms with Crippen LogP contribution in [0.25, 0.3) is 22.6 Å². The molecule has 4 aromatic rings. The Kier molecular flexibility index (Phi) is 4.01. The third-order valence-electron chi connectivity index (χ3n) is 5.32. The number of aromatic nitrogens is 2. The molecule has 0 spiro atoms. The summed E-state index contributed by atoms with van der Waals surface area (Å²) >= 11 is 0. The number of fused-ring (bicyclic) bond motifs is 1. The van der Waals surface area contributed by atoms with Crippen LogP contribution >= 0.6 is 0 Å². The average Bonchev–Trinajstić information content (AvgIpc) is 3.46. The first-order chi connectivity index (χ1) is 13.7. The van der Waals surface area contributed by atoms with E-state index in [-0.39, 0.29) is 5.78 Å². The van der Waals surface area contributed by atoms with Crippen LogP contribution in [-0.4, -0.2) is 28.8 Å². The number of hydrogen-bond acceptors (Lipinski definition) is 4. The highest BCUT2D eigenvalue weighted by Gasteiger charge is 2.20. The summed E-state index contributed by atoms with van der Waals surface area (Å²) in [6.45, 7) is 4.12. The summed E-state index contributed by atoms with van der Waals surface area (Å²) in [5, 5.41) is 0. The number of rotatable bonds is 4. The quantitative estimate of drug-likeness (QED) is 0.515. The van der Waals surface area contributed by atoms with E-state index >= 15 is 0 Å². The number of carbonyl (C=O) groups excluding carboxylic acids is 1. The Bertz CT molecular complexity index is 1150. The summed E-state index contributed by atoms with van der Waals surface area (Å²) in [7, 11) is 0. The minimum Gasteiger partial charge on any atom is -0.437 e. The van der Waals surface area contributed by atoms with Crippen LogP contribution in [0, 0.1) is 6.92 Å². The number of hydrogen-bond donors (Lipinski definition) is 1. The molecule has 3 heterocycles. The van der Waals surface area contributed by atoms with Gasteiger partial charge in [0, 0.05) is 35.8 Å². The van der Waals surface area contributed by atoms with Crippen LogP contribution in [0.4, 0.5) is 5.88 Å². The summed E-state index contributed by atoms with van der Waals surface area (Å²) in [6, 6.07) is 17.0. The van der Waals surface area contributed by atoms with E-state index in [9.17, 15) is 4.79 Å². The van der Waals surface area contributed by atoms with E-state index in [0.29, 0.717) is 17.0 Å². The van der Waals surface area contributed by atoms with Crippen molar-refractivity contribution in [3.05, 3.63) is 71.3 Å². The van der Waals surface area contributed by atoms with Crippen molar-refractivity contribution in [1.82, 2.24) is 9.97 Å². The molecule has 140 valence electrons. The van der Waals surface area contributed by atoms with Crippen molar-refractivity contribution in [2.75, 3.05) is 18.0 Å². The lowest BCUT2D eigenvalue weighted by Gasteiger charge is -2.12. The van der Waals surface area contributed by atoms with Crippen molar-refractivity contribution in [1.29, 1.82) is 0 Å². The molecule has 0 aliphatic carbocycles. The number of H-pyrrole nitrogens is 1. The monoisotopic (exact) mass is 371 g/mol. The third-order valence-corrected chi connectivity index (χ3v) is 5.32. The zero-order valence-corrected chi connectivity index (χ0v) is 15.7. The molecule has 1 N–H and O–H groups in total. The molecule has 1 saturated heterocycles. The van der Waals surface area contributed by atoms with Crippen LogP contribution in [0.3, 0.4) is 0 Å². The van der Waals surface area contributed by atoms with E-state index < -0.39 is 0 Å². The minimum atomic E-state index is 0.00384. The molecule has 5 nitrogen and oxygen atoms in total. The van der Waals surface area contributed by atoms with Crippen molar-refractivity contribution in [2.24, 2.45) is 0 Å². The van der Waals surface area contributed by atoms with Crippen LogP contribution < -0.4 is 4.90 Å². The number of aromatic amines is 1. The van der Waals surface area contributed by atoms with Crippen LogP contribution in [-0.2, 0) is 0 Å². The Balaban J connectivity index is 1.50. The summed E-state index contributed by atoms with van der Waals surface area (Å²) in [4.78, 5) is 23.0. The maximum atomic E-state index is 12.7. The molecule has 0 radical (unpaired) electrons. The first-order valence-corrected chi connectivity index (χ1v) is 9.64. The lowest BCUT2D eigenvalue weighted by Crippen LogP contribution is -2.16. The number of imidazole rings is 1. The van der Waals surface area contributed by atoms with Gasteiger partial charge in [-0.2, -0.15) is 0 Å². The van der Waals surface area contributed by atoms with Gasteiger partial charge in [-0.25, -0.2) is 4.98 Å². The van der Waals surface area contributed by atoms with E-state index in [2.05, 4.69) is 20.9 Å². The van der Waals surface area contributed by atoms with Crippen LogP contribution in [0.1, 0.15) is 34.3 Å². The number of furan rings is 1. The third kappa shape index (κ3) is 2.89. The van der Waals surface area contributed by atoms with Gasteiger partial charge in [-0.3, -0.25) is 4.79 Å². The van der Waals surface area contributed by atoms with Crippen LogP contribution in [0.5, 0.6) is 0 Å². The molecular weight excluding hydrogens is 350 g/mol. The van der Waals surface area contributed by atoms with Crippen LogP contribution in [0.2, 0.25) is 0 Å². The van der Waals surface area contributed by atoms with Gasteiger partial charge in [0.2, 0.25) is 0 Å². The van der Waals surface area contributed by atoms with E-state index in [1.165, 1.54) is 12.8 Å². The fraction of sp³-hybridized carbons (Fsp3) is 0.217. The van der Waals surface area contributed by atoms with Crippen molar-refractivity contribution in [3.8, 4) is 11.6 Å². The fourth-order valence-corrected chi connectivity index (χ4v) is 3.81. The molecular formula is C23H21N3O2. The van der Waals surface area contributed by atoms with Crippen molar-refractivity contribution < 1.29 is 9.21 Å². The molecule has 0 unspecified atom stereocenters. The molecule has 0 bridgehead atoms. The molecule has 5 rings (SSSR count). The Hall–Kier alpha value is -3.34. The second-order valence-electron chi connectivity index (χ2n) is 7.30. The number of aryl methyl sites for hydroxylation is 1. The first kappa shape index (κ1) is 16.8. The molecule has 28 heavy (non-hydrogen) atoms. The second kappa shape index (κ2) is 6.68. The van der Waals surface area contributed by atoms with Gasteiger partial charge in [0.1, 0.15) is 0 Å². The zero-order chi connectivity index (χ0) is 19.1. The first-order valence-electron chi connectivity index (χ1n) is 9.64. The molecule has 2 aromatic carbocycles. The highest BCUT2D eigenvalue weighted by molar-refractivity contribution is 6.10. The van der Waals surface area contributed by atoms with E-state index in [1.807, 2.05) is 55.5 Å². The molecule has 0 atom stereocenters. The number of carbonyl (C=O) groups is 1. The molecule has 2 aromatic heterocycles. The standard InChI is InChI=1S/C23H21N3O2/c1-15-13-20(26-11-5-6-12-26)28-22(15)23-24-18-10-9-17(14-19(18)25-23)21(27)16-7-3-2-4-8-16/h2-4,7-10,13-14H,5-6,11-12H2,1H3,(H,24,25). The van der Waals surface area contributed by atoms with E-state index in [1.54, 1.807) is 0 Å². The van der Waals surface area contributed by atoms with E-state index in [4.69, 9.17) is 4.42 Å². The Morgan fingerprint density at radius 2 is 1.82 bits per heavy atom. The number of nitrogens with zero attached hydrogens (tertiary/aromatic N) is 2. The summed E-state index contributed by atoms with van der Waals surface area (Å²) in [5.74, 6) is 2.37. The maximum absolute atomic E-state index is 12.7. The molecule has 0 amide bonds. The molecule has 1 fully saturated rings. The van der Waals surface area contributed by atoms with Gasteiger partial charge >= 0.3 is 0 Å². The Morgan fingerprint density at radius 3 is 2.61 bits per heavy atom. The maximum Gasteiger partial charge on any atom is 0.196 e. The highest BCUT2D eigenvalue weighted by Crippen LogP contribution is 2.32. The normalized spacial score (nSPS) is 14.1. The largest absolute Gasteiger partial charge is 0.437 e. The van der Waals surface area contributed by atoms with Gasteiger partial charge in [0.25, 0.3) is 0 Å². The number of ketones is 1. The SMILES string of the molecule is Cc1cc(N2CCCC2)oc1-c1nc2ccc(C(=O)c3ccccc3)cc2[nH]1. The van der Waals surface area contributed by atoms with Gasteiger partial charge in [-0.1, -0.05) is 30.3 Å². The highest BCUT2D eigenvalue weighted by atomic mass is 16.4.